The average molecular weight is 471 g/mol. The maximum absolute atomic E-state index is 12.0. The standard InChI is InChI=1S/C30H46O4/c1-25(2)21-14-23(32)28(6)20(27(21,5)10-9-22(25)31)8-11-29-16-30(28,29)12-7-18(29)17-13-19(33-15-17)24-26(3,4)34-24/h15,18-24,31-32H,7-14,16H2,1-6H3/t18-,19-,20+,21-,22+,23+,24+,27+,28-,29+,30+/m0/s1. The monoisotopic (exact) mass is 470 g/mol. The van der Waals surface area contributed by atoms with Crippen LogP contribution in [0.2, 0.25) is 0 Å². The van der Waals surface area contributed by atoms with Gasteiger partial charge in [0.05, 0.1) is 24.1 Å². The molecule has 5 saturated carbocycles. The SMILES string of the molecule is CC1(C)O[C@@H]1[C@@H]1CC([C@@H]2CC[C@]34C[C@]23CC[C@@H]2[C@@]3(C)CC[C@@H](O)C(C)(C)[C@@H]3C[C@@H](O)[C@]24C)=CO1. The van der Waals surface area contributed by atoms with Gasteiger partial charge in [-0.05, 0) is 110 Å². The zero-order valence-corrected chi connectivity index (χ0v) is 22.2. The normalized spacial score (nSPS) is 60.2. The van der Waals surface area contributed by atoms with Crippen molar-refractivity contribution in [2.24, 2.45) is 44.8 Å². The molecule has 0 spiro atoms. The minimum absolute atomic E-state index is 0.00929. The molecule has 11 atom stereocenters. The summed E-state index contributed by atoms with van der Waals surface area (Å²) in [6, 6.07) is 0. The number of aliphatic hydroxyl groups is 2. The third-order valence-corrected chi connectivity index (χ3v) is 13.7. The maximum Gasteiger partial charge on any atom is 0.131 e. The first-order valence-electron chi connectivity index (χ1n) is 14.2. The Labute approximate surface area is 205 Å². The van der Waals surface area contributed by atoms with E-state index in [2.05, 4.69) is 47.8 Å². The molecule has 7 aliphatic rings. The second-order valence-corrected chi connectivity index (χ2v) is 15.3. The molecule has 0 radical (unpaired) electrons. The second-order valence-electron chi connectivity index (χ2n) is 15.3. The summed E-state index contributed by atoms with van der Waals surface area (Å²) < 4.78 is 12.1. The van der Waals surface area contributed by atoms with Gasteiger partial charge in [-0.1, -0.05) is 27.7 Å². The lowest BCUT2D eigenvalue weighted by molar-refractivity contribution is -0.241. The van der Waals surface area contributed by atoms with Crippen LogP contribution in [0.4, 0.5) is 0 Å². The van der Waals surface area contributed by atoms with Crippen molar-refractivity contribution in [1.82, 2.24) is 0 Å². The number of fused-ring (bicyclic) bond motifs is 3. The molecule has 34 heavy (non-hydrogen) atoms. The van der Waals surface area contributed by atoms with E-state index < -0.39 is 0 Å². The summed E-state index contributed by atoms with van der Waals surface area (Å²) in [6.45, 7) is 13.9. The van der Waals surface area contributed by atoms with Crippen molar-refractivity contribution >= 4 is 0 Å². The van der Waals surface area contributed by atoms with E-state index in [0.29, 0.717) is 23.2 Å². The fourth-order valence-corrected chi connectivity index (χ4v) is 11.9. The van der Waals surface area contributed by atoms with Crippen LogP contribution in [0, 0.1) is 44.8 Å². The number of epoxide rings is 1. The Morgan fingerprint density at radius 3 is 2.32 bits per heavy atom. The molecule has 4 nitrogen and oxygen atoms in total. The molecule has 0 amide bonds. The molecule has 0 aromatic rings. The Kier molecular flexibility index (Phi) is 4.17. The Balaban J connectivity index is 1.19. The molecule has 5 aliphatic carbocycles. The first-order chi connectivity index (χ1) is 15.8. The molecule has 2 N–H and O–H groups in total. The second kappa shape index (κ2) is 6.27. The molecular weight excluding hydrogens is 424 g/mol. The molecule has 190 valence electrons. The van der Waals surface area contributed by atoms with Gasteiger partial charge in [0.2, 0.25) is 0 Å². The van der Waals surface area contributed by atoms with E-state index in [1.807, 2.05) is 0 Å². The summed E-state index contributed by atoms with van der Waals surface area (Å²) in [5.41, 5.74) is 2.25. The fraction of sp³-hybridized carbons (Fsp3) is 0.933. The molecule has 0 bridgehead atoms. The Bertz CT molecular complexity index is 953. The predicted molar refractivity (Wildman–Crippen MR) is 131 cm³/mol. The van der Waals surface area contributed by atoms with Gasteiger partial charge >= 0.3 is 0 Å². The van der Waals surface area contributed by atoms with Gasteiger partial charge in [-0.25, -0.2) is 0 Å². The van der Waals surface area contributed by atoms with E-state index in [1.165, 1.54) is 37.7 Å². The highest BCUT2D eigenvalue weighted by molar-refractivity contribution is 5.37. The molecule has 0 aromatic heterocycles. The van der Waals surface area contributed by atoms with E-state index >= 15 is 0 Å². The van der Waals surface area contributed by atoms with Gasteiger partial charge < -0.3 is 19.7 Å². The summed E-state index contributed by atoms with van der Waals surface area (Å²) in [6.07, 6.45) is 12.3. The van der Waals surface area contributed by atoms with Crippen LogP contribution in [0.5, 0.6) is 0 Å². The molecule has 0 unspecified atom stereocenters. The van der Waals surface area contributed by atoms with E-state index in [9.17, 15) is 10.2 Å². The van der Waals surface area contributed by atoms with Crippen molar-refractivity contribution in [2.75, 3.05) is 0 Å². The van der Waals surface area contributed by atoms with E-state index in [0.717, 1.165) is 25.7 Å². The van der Waals surface area contributed by atoms with Crippen LogP contribution in [0.1, 0.15) is 99.3 Å². The van der Waals surface area contributed by atoms with Gasteiger partial charge in [0, 0.05) is 11.8 Å². The van der Waals surface area contributed by atoms with Crippen molar-refractivity contribution in [1.29, 1.82) is 0 Å². The zero-order valence-electron chi connectivity index (χ0n) is 22.2. The summed E-state index contributed by atoms with van der Waals surface area (Å²) in [5, 5.41) is 22.9. The van der Waals surface area contributed by atoms with Gasteiger partial charge in [0.25, 0.3) is 0 Å². The van der Waals surface area contributed by atoms with E-state index in [4.69, 9.17) is 9.47 Å². The summed E-state index contributed by atoms with van der Waals surface area (Å²) in [4.78, 5) is 0. The Morgan fingerprint density at radius 1 is 0.882 bits per heavy atom. The number of ether oxygens (including phenoxy) is 2. The largest absolute Gasteiger partial charge is 0.495 e. The van der Waals surface area contributed by atoms with Crippen molar-refractivity contribution in [3.63, 3.8) is 0 Å². The molecule has 1 saturated heterocycles. The minimum atomic E-state index is -0.261. The number of aliphatic hydroxyl groups excluding tert-OH is 2. The molecule has 0 aromatic carbocycles. The minimum Gasteiger partial charge on any atom is -0.495 e. The molecule has 2 aliphatic heterocycles. The maximum atomic E-state index is 12.0. The topological polar surface area (TPSA) is 62.2 Å². The lowest BCUT2D eigenvalue weighted by Crippen LogP contribution is -2.66. The van der Waals surface area contributed by atoms with Crippen LogP contribution in [-0.4, -0.2) is 40.2 Å². The van der Waals surface area contributed by atoms with Gasteiger partial charge in [0.1, 0.15) is 12.2 Å². The molecule has 4 heteroatoms. The van der Waals surface area contributed by atoms with Crippen molar-refractivity contribution in [3.8, 4) is 0 Å². The molecule has 2 heterocycles. The van der Waals surface area contributed by atoms with E-state index in [1.54, 1.807) is 0 Å². The van der Waals surface area contributed by atoms with Gasteiger partial charge in [-0.2, -0.15) is 0 Å². The van der Waals surface area contributed by atoms with E-state index in [-0.39, 0.29) is 51.7 Å². The smallest absolute Gasteiger partial charge is 0.131 e. The highest BCUT2D eigenvalue weighted by Gasteiger charge is 2.85. The van der Waals surface area contributed by atoms with Crippen LogP contribution in [-0.2, 0) is 9.47 Å². The van der Waals surface area contributed by atoms with Crippen LogP contribution >= 0.6 is 0 Å². The molecule has 6 fully saturated rings. The molecular formula is C30H46O4. The lowest BCUT2D eigenvalue weighted by Gasteiger charge is -2.68. The van der Waals surface area contributed by atoms with Crippen LogP contribution in [0.15, 0.2) is 11.8 Å². The fourth-order valence-electron chi connectivity index (χ4n) is 11.9. The van der Waals surface area contributed by atoms with Crippen molar-refractivity contribution in [3.05, 3.63) is 11.8 Å². The Morgan fingerprint density at radius 2 is 1.62 bits per heavy atom. The quantitative estimate of drug-likeness (QED) is 0.515. The third kappa shape index (κ3) is 2.34. The van der Waals surface area contributed by atoms with Crippen molar-refractivity contribution < 1.29 is 19.7 Å². The van der Waals surface area contributed by atoms with Gasteiger partial charge in [-0.15, -0.1) is 0 Å². The van der Waals surface area contributed by atoms with Gasteiger partial charge in [0.15, 0.2) is 0 Å². The highest BCUT2D eigenvalue weighted by Crippen LogP contribution is 2.90. The van der Waals surface area contributed by atoms with Crippen LogP contribution in [0.25, 0.3) is 0 Å². The number of hydrogen-bond donors (Lipinski definition) is 2. The molecule has 7 rings (SSSR count). The number of hydrogen-bond acceptors (Lipinski definition) is 4. The van der Waals surface area contributed by atoms with Crippen molar-refractivity contribution in [2.45, 2.75) is 129 Å². The summed E-state index contributed by atoms with van der Waals surface area (Å²) in [7, 11) is 0. The first-order valence-corrected chi connectivity index (χ1v) is 14.2. The van der Waals surface area contributed by atoms with Crippen LogP contribution < -0.4 is 0 Å². The Hall–Kier alpha value is -0.580. The predicted octanol–water partition coefficient (Wildman–Crippen LogP) is 5.61. The summed E-state index contributed by atoms with van der Waals surface area (Å²) >= 11 is 0. The first kappa shape index (κ1) is 22.6. The average Bonchev–Trinajstić information content (AvgIpc) is 3.46. The zero-order chi connectivity index (χ0) is 24.1. The van der Waals surface area contributed by atoms with Gasteiger partial charge in [-0.3, -0.25) is 0 Å². The summed E-state index contributed by atoms with van der Waals surface area (Å²) in [5.74, 6) is 1.57. The van der Waals surface area contributed by atoms with Crippen LogP contribution in [0.3, 0.4) is 0 Å². The number of rotatable bonds is 2. The third-order valence-electron chi connectivity index (χ3n) is 13.7. The highest BCUT2D eigenvalue weighted by atomic mass is 16.6. The lowest BCUT2D eigenvalue weighted by atomic mass is 9.37.